The van der Waals surface area contributed by atoms with E-state index >= 15 is 0 Å². The van der Waals surface area contributed by atoms with E-state index in [0.717, 1.165) is 4.47 Å². The second-order valence-electron chi connectivity index (χ2n) is 5.73. The van der Waals surface area contributed by atoms with Crippen molar-refractivity contribution in [3.8, 4) is 5.75 Å². The summed E-state index contributed by atoms with van der Waals surface area (Å²) in [5.74, 6) is 1.49. The second-order valence-corrected chi connectivity index (χ2v) is 6.59. The summed E-state index contributed by atoms with van der Waals surface area (Å²) in [6.45, 7) is 10.5. The summed E-state index contributed by atoms with van der Waals surface area (Å²) in [6, 6.07) is 6.12. The van der Waals surface area contributed by atoms with Crippen molar-refractivity contribution >= 4 is 21.8 Å². The Morgan fingerprint density at radius 1 is 1.25 bits per heavy atom. The van der Waals surface area contributed by atoms with Gasteiger partial charge in [-0.1, -0.05) is 33.8 Å². The van der Waals surface area contributed by atoms with E-state index in [2.05, 4.69) is 48.9 Å². The first-order chi connectivity index (χ1) is 9.31. The SMILES string of the molecule is CC(C)c1ccc(OCC(=O)NC(C)C(C)C)c(Br)c1. The molecule has 1 atom stereocenters. The Labute approximate surface area is 130 Å². The number of amides is 1. The highest BCUT2D eigenvalue weighted by Gasteiger charge is 2.12. The summed E-state index contributed by atoms with van der Waals surface area (Å²) >= 11 is 3.48. The van der Waals surface area contributed by atoms with Crippen LogP contribution in [-0.2, 0) is 4.79 Å². The highest BCUT2D eigenvalue weighted by atomic mass is 79.9. The van der Waals surface area contributed by atoms with Gasteiger partial charge in [0.1, 0.15) is 5.75 Å². The fraction of sp³-hybridized carbons (Fsp3) is 0.562. The Balaban J connectivity index is 2.56. The van der Waals surface area contributed by atoms with Crippen LogP contribution in [0.5, 0.6) is 5.75 Å². The third kappa shape index (κ3) is 5.16. The summed E-state index contributed by atoms with van der Waals surface area (Å²) < 4.78 is 6.44. The van der Waals surface area contributed by atoms with Gasteiger partial charge in [0.15, 0.2) is 6.61 Å². The van der Waals surface area contributed by atoms with Gasteiger partial charge in [-0.25, -0.2) is 0 Å². The van der Waals surface area contributed by atoms with E-state index in [1.165, 1.54) is 5.56 Å². The molecule has 0 saturated heterocycles. The highest BCUT2D eigenvalue weighted by molar-refractivity contribution is 9.10. The number of benzene rings is 1. The number of hydrogen-bond acceptors (Lipinski definition) is 2. The van der Waals surface area contributed by atoms with Gasteiger partial charge in [0.2, 0.25) is 0 Å². The zero-order valence-corrected chi connectivity index (χ0v) is 14.5. The topological polar surface area (TPSA) is 38.3 Å². The van der Waals surface area contributed by atoms with Crippen LogP contribution < -0.4 is 10.1 Å². The molecule has 20 heavy (non-hydrogen) atoms. The lowest BCUT2D eigenvalue weighted by atomic mass is 10.0. The fourth-order valence-electron chi connectivity index (χ4n) is 1.60. The minimum atomic E-state index is -0.0916. The van der Waals surface area contributed by atoms with Crippen molar-refractivity contribution in [2.45, 2.75) is 46.6 Å². The van der Waals surface area contributed by atoms with Gasteiger partial charge in [0.05, 0.1) is 4.47 Å². The minimum absolute atomic E-state index is 0.0384. The Morgan fingerprint density at radius 3 is 2.40 bits per heavy atom. The molecule has 112 valence electrons. The number of nitrogens with one attached hydrogen (secondary N) is 1. The van der Waals surface area contributed by atoms with Crippen molar-refractivity contribution < 1.29 is 9.53 Å². The van der Waals surface area contributed by atoms with Crippen LogP contribution in [0.15, 0.2) is 22.7 Å². The van der Waals surface area contributed by atoms with Crippen molar-refractivity contribution in [2.24, 2.45) is 5.92 Å². The number of ether oxygens (including phenoxy) is 1. The van der Waals surface area contributed by atoms with E-state index in [-0.39, 0.29) is 18.6 Å². The van der Waals surface area contributed by atoms with Crippen molar-refractivity contribution in [1.82, 2.24) is 5.32 Å². The predicted octanol–water partition coefficient (Wildman–Crippen LogP) is 4.11. The van der Waals surface area contributed by atoms with Gasteiger partial charge in [-0.2, -0.15) is 0 Å². The van der Waals surface area contributed by atoms with Crippen LogP contribution >= 0.6 is 15.9 Å². The molecule has 0 aliphatic rings. The maximum absolute atomic E-state index is 11.8. The first kappa shape index (κ1) is 17.0. The third-order valence-corrected chi connectivity index (χ3v) is 3.99. The second kappa shape index (κ2) is 7.67. The highest BCUT2D eigenvalue weighted by Crippen LogP contribution is 2.28. The molecule has 1 aromatic carbocycles. The third-order valence-electron chi connectivity index (χ3n) is 3.37. The van der Waals surface area contributed by atoms with Crippen LogP contribution in [0.1, 0.15) is 46.1 Å². The average Bonchev–Trinajstić information content (AvgIpc) is 2.36. The van der Waals surface area contributed by atoms with Crippen LogP contribution in [0, 0.1) is 5.92 Å². The zero-order chi connectivity index (χ0) is 15.3. The molecule has 0 aliphatic heterocycles. The van der Waals surface area contributed by atoms with Gasteiger partial charge in [0.25, 0.3) is 5.91 Å². The Hall–Kier alpha value is -1.03. The molecule has 0 fully saturated rings. The normalized spacial score (nSPS) is 12.6. The van der Waals surface area contributed by atoms with E-state index in [1.807, 2.05) is 25.1 Å². The number of carbonyl (C=O) groups excluding carboxylic acids is 1. The first-order valence-electron chi connectivity index (χ1n) is 7.02. The molecule has 0 saturated carbocycles. The van der Waals surface area contributed by atoms with E-state index in [9.17, 15) is 4.79 Å². The quantitative estimate of drug-likeness (QED) is 0.845. The maximum atomic E-state index is 11.8. The van der Waals surface area contributed by atoms with E-state index in [4.69, 9.17) is 4.74 Å². The molecule has 0 aliphatic carbocycles. The van der Waals surface area contributed by atoms with Crippen molar-refractivity contribution in [2.75, 3.05) is 6.61 Å². The molecule has 0 radical (unpaired) electrons. The largest absolute Gasteiger partial charge is 0.483 e. The zero-order valence-electron chi connectivity index (χ0n) is 12.9. The Kier molecular flexibility index (Phi) is 6.53. The summed E-state index contributed by atoms with van der Waals surface area (Å²) in [5.41, 5.74) is 1.24. The fourth-order valence-corrected chi connectivity index (χ4v) is 2.11. The standard InChI is InChI=1S/C16H24BrNO2/c1-10(2)12(5)18-16(19)9-20-15-7-6-13(11(3)4)8-14(15)17/h6-8,10-12H,9H2,1-5H3,(H,18,19). The van der Waals surface area contributed by atoms with E-state index < -0.39 is 0 Å². The van der Waals surface area contributed by atoms with Crippen LogP contribution in [0.25, 0.3) is 0 Å². The summed E-state index contributed by atoms with van der Waals surface area (Å²) in [7, 11) is 0. The van der Waals surface area contributed by atoms with Crippen LogP contribution in [0.2, 0.25) is 0 Å². The molecule has 1 amide bonds. The minimum Gasteiger partial charge on any atom is -0.483 e. The molecule has 0 heterocycles. The Morgan fingerprint density at radius 2 is 1.90 bits per heavy atom. The number of halogens is 1. The molecule has 1 aromatic rings. The molecule has 0 spiro atoms. The molecule has 1 unspecified atom stereocenters. The molecule has 3 nitrogen and oxygen atoms in total. The lowest BCUT2D eigenvalue weighted by molar-refractivity contribution is -0.124. The molecular weight excluding hydrogens is 318 g/mol. The molecular formula is C16H24BrNO2. The van der Waals surface area contributed by atoms with E-state index in [1.54, 1.807) is 0 Å². The number of hydrogen-bond donors (Lipinski definition) is 1. The summed E-state index contributed by atoms with van der Waals surface area (Å²) in [6.07, 6.45) is 0. The van der Waals surface area contributed by atoms with Crippen molar-refractivity contribution in [3.05, 3.63) is 28.2 Å². The lowest BCUT2D eigenvalue weighted by Crippen LogP contribution is -2.38. The maximum Gasteiger partial charge on any atom is 0.258 e. The molecule has 0 aromatic heterocycles. The lowest BCUT2D eigenvalue weighted by Gasteiger charge is -2.18. The number of carbonyl (C=O) groups is 1. The molecule has 1 rings (SSSR count). The smallest absolute Gasteiger partial charge is 0.258 e. The average molecular weight is 342 g/mol. The van der Waals surface area contributed by atoms with Crippen LogP contribution in [-0.4, -0.2) is 18.6 Å². The van der Waals surface area contributed by atoms with Crippen molar-refractivity contribution in [3.63, 3.8) is 0 Å². The van der Waals surface area contributed by atoms with Gasteiger partial charge in [0, 0.05) is 6.04 Å². The van der Waals surface area contributed by atoms with Crippen LogP contribution in [0.3, 0.4) is 0 Å². The van der Waals surface area contributed by atoms with Crippen molar-refractivity contribution in [1.29, 1.82) is 0 Å². The Bertz CT molecular complexity index is 458. The molecule has 4 heteroatoms. The van der Waals surface area contributed by atoms with Gasteiger partial charge in [-0.05, 0) is 52.4 Å². The van der Waals surface area contributed by atoms with Crippen LogP contribution in [0.4, 0.5) is 0 Å². The predicted molar refractivity (Wildman–Crippen MR) is 86.2 cm³/mol. The van der Waals surface area contributed by atoms with Gasteiger partial charge in [-0.15, -0.1) is 0 Å². The summed E-state index contributed by atoms with van der Waals surface area (Å²) in [5, 5.41) is 2.92. The van der Waals surface area contributed by atoms with Gasteiger partial charge >= 0.3 is 0 Å². The number of rotatable bonds is 6. The summed E-state index contributed by atoms with van der Waals surface area (Å²) in [4.78, 5) is 11.8. The van der Waals surface area contributed by atoms with E-state index in [0.29, 0.717) is 17.6 Å². The first-order valence-corrected chi connectivity index (χ1v) is 7.82. The van der Waals surface area contributed by atoms with Gasteiger partial charge in [-0.3, -0.25) is 4.79 Å². The molecule has 1 N–H and O–H groups in total. The monoisotopic (exact) mass is 341 g/mol. The van der Waals surface area contributed by atoms with Gasteiger partial charge < -0.3 is 10.1 Å². The molecule has 0 bridgehead atoms.